The second kappa shape index (κ2) is 10.3. The Kier molecular flexibility index (Phi) is 8.04. The van der Waals surface area contributed by atoms with E-state index in [1.807, 2.05) is 43.3 Å². The first-order valence-corrected chi connectivity index (χ1v) is 8.99. The van der Waals surface area contributed by atoms with Crippen molar-refractivity contribution in [2.24, 2.45) is 0 Å². The molecule has 1 aromatic carbocycles. The van der Waals surface area contributed by atoms with Crippen LogP contribution in [0, 0.1) is 6.92 Å². The summed E-state index contributed by atoms with van der Waals surface area (Å²) in [6, 6.07) is 11.6. The topological polar surface area (TPSA) is 60.5 Å². The number of rotatable bonds is 9. The van der Waals surface area contributed by atoms with Gasteiger partial charge in [0.2, 0.25) is 0 Å². The molecule has 0 unspecified atom stereocenters. The molecule has 0 saturated carbocycles. The van der Waals surface area contributed by atoms with Gasteiger partial charge in [-0.05, 0) is 37.6 Å². The normalized spacial score (nSPS) is 10.7. The lowest BCUT2D eigenvalue weighted by molar-refractivity contribution is 0.0688. The van der Waals surface area contributed by atoms with Crippen molar-refractivity contribution < 1.29 is 14.3 Å². The minimum absolute atomic E-state index is 0.109. The summed E-state index contributed by atoms with van der Waals surface area (Å²) in [5, 5.41) is 2.90. The van der Waals surface area contributed by atoms with E-state index in [1.165, 1.54) is 0 Å². The van der Waals surface area contributed by atoms with E-state index in [2.05, 4.69) is 26.2 Å². The van der Waals surface area contributed by atoms with Gasteiger partial charge in [0.15, 0.2) is 0 Å². The van der Waals surface area contributed by atoms with E-state index in [1.54, 1.807) is 7.11 Å². The Balaban J connectivity index is 1.88. The highest BCUT2D eigenvalue weighted by Crippen LogP contribution is 2.22. The Hall–Kier alpha value is -1.76. The van der Waals surface area contributed by atoms with Crippen molar-refractivity contribution in [3.05, 3.63) is 52.1 Å². The molecule has 1 amide bonds. The summed E-state index contributed by atoms with van der Waals surface area (Å²) < 4.78 is 11.3. The SMILES string of the molecule is COCCOCCCNC(=O)c1ccc(-c2cccc(Br)c2)nc1C. The third-order valence-electron chi connectivity index (χ3n) is 3.63. The number of aryl methyl sites for hydroxylation is 1. The van der Waals surface area contributed by atoms with Gasteiger partial charge in [-0.25, -0.2) is 0 Å². The minimum atomic E-state index is -0.109. The molecular weight excluding hydrogens is 384 g/mol. The quantitative estimate of drug-likeness (QED) is 0.646. The molecule has 0 spiro atoms. The van der Waals surface area contributed by atoms with Gasteiger partial charge in [-0.1, -0.05) is 28.1 Å². The van der Waals surface area contributed by atoms with Gasteiger partial charge in [0.1, 0.15) is 0 Å². The maximum atomic E-state index is 12.3. The van der Waals surface area contributed by atoms with Gasteiger partial charge >= 0.3 is 0 Å². The largest absolute Gasteiger partial charge is 0.382 e. The molecule has 2 rings (SSSR count). The third kappa shape index (κ3) is 6.23. The highest BCUT2D eigenvalue weighted by Gasteiger charge is 2.11. The number of ether oxygens (including phenoxy) is 2. The molecule has 0 saturated heterocycles. The Morgan fingerprint density at radius 3 is 2.76 bits per heavy atom. The van der Waals surface area contributed by atoms with E-state index in [0.29, 0.717) is 37.6 Å². The number of nitrogens with zero attached hydrogens (tertiary/aromatic N) is 1. The van der Waals surface area contributed by atoms with E-state index in [9.17, 15) is 4.79 Å². The van der Waals surface area contributed by atoms with Crippen LogP contribution in [0.2, 0.25) is 0 Å². The summed E-state index contributed by atoms with van der Waals surface area (Å²) in [7, 11) is 1.64. The lowest BCUT2D eigenvalue weighted by atomic mass is 10.1. The Morgan fingerprint density at radius 2 is 2.04 bits per heavy atom. The Labute approximate surface area is 156 Å². The van der Waals surface area contributed by atoms with Crippen LogP contribution in [-0.4, -0.2) is 44.4 Å². The zero-order chi connectivity index (χ0) is 18.1. The summed E-state index contributed by atoms with van der Waals surface area (Å²) in [6.07, 6.45) is 0.762. The van der Waals surface area contributed by atoms with Gasteiger partial charge in [-0.15, -0.1) is 0 Å². The first-order valence-electron chi connectivity index (χ1n) is 8.20. The molecule has 1 heterocycles. The molecule has 5 nitrogen and oxygen atoms in total. The number of pyridine rings is 1. The van der Waals surface area contributed by atoms with Gasteiger partial charge in [-0.2, -0.15) is 0 Å². The molecule has 1 aromatic heterocycles. The second-order valence-corrected chi connectivity index (χ2v) is 6.47. The van der Waals surface area contributed by atoms with Crippen LogP contribution in [0.3, 0.4) is 0 Å². The number of aromatic nitrogens is 1. The van der Waals surface area contributed by atoms with Crippen LogP contribution in [0.15, 0.2) is 40.9 Å². The summed E-state index contributed by atoms with van der Waals surface area (Å²) >= 11 is 3.46. The van der Waals surface area contributed by atoms with E-state index < -0.39 is 0 Å². The van der Waals surface area contributed by atoms with Crippen LogP contribution in [0.4, 0.5) is 0 Å². The molecule has 0 bridgehead atoms. The number of hydrogen-bond donors (Lipinski definition) is 1. The average Bonchev–Trinajstić information content (AvgIpc) is 2.60. The second-order valence-electron chi connectivity index (χ2n) is 5.55. The van der Waals surface area contributed by atoms with Crippen molar-refractivity contribution >= 4 is 21.8 Å². The van der Waals surface area contributed by atoms with E-state index in [4.69, 9.17) is 9.47 Å². The third-order valence-corrected chi connectivity index (χ3v) is 4.13. The first kappa shape index (κ1) is 19.6. The van der Waals surface area contributed by atoms with Gasteiger partial charge < -0.3 is 14.8 Å². The van der Waals surface area contributed by atoms with Crippen LogP contribution >= 0.6 is 15.9 Å². The van der Waals surface area contributed by atoms with Crippen LogP contribution in [0.25, 0.3) is 11.3 Å². The molecule has 0 radical (unpaired) electrons. The van der Waals surface area contributed by atoms with Crippen LogP contribution in [0.1, 0.15) is 22.5 Å². The average molecular weight is 407 g/mol. The van der Waals surface area contributed by atoms with Crippen LogP contribution < -0.4 is 5.32 Å². The predicted octanol–water partition coefficient (Wildman–Crippen LogP) is 3.60. The Bertz CT molecular complexity index is 707. The highest BCUT2D eigenvalue weighted by atomic mass is 79.9. The Morgan fingerprint density at radius 1 is 1.20 bits per heavy atom. The lowest BCUT2D eigenvalue weighted by Crippen LogP contribution is -2.26. The fourth-order valence-corrected chi connectivity index (χ4v) is 2.72. The lowest BCUT2D eigenvalue weighted by Gasteiger charge is -2.09. The predicted molar refractivity (Wildman–Crippen MR) is 102 cm³/mol. The van der Waals surface area contributed by atoms with Gasteiger partial charge in [-0.3, -0.25) is 9.78 Å². The minimum Gasteiger partial charge on any atom is -0.382 e. The monoisotopic (exact) mass is 406 g/mol. The molecule has 6 heteroatoms. The van der Waals surface area contributed by atoms with Crippen molar-refractivity contribution in [2.45, 2.75) is 13.3 Å². The number of nitrogens with one attached hydrogen (secondary N) is 1. The molecule has 0 aliphatic heterocycles. The standard InChI is InChI=1S/C19H23BrN2O3/c1-14-17(19(23)21-9-4-10-25-12-11-24-2)7-8-18(22-14)15-5-3-6-16(20)13-15/h3,5-8,13H,4,9-12H2,1-2H3,(H,21,23). The van der Waals surface area contributed by atoms with Crippen LogP contribution in [-0.2, 0) is 9.47 Å². The molecule has 0 aliphatic carbocycles. The van der Waals surface area contributed by atoms with Crippen molar-refractivity contribution in [3.63, 3.8) is 0 Å². The maximum absolute atomic E-state index is 12.3. The van der Waals surface area contributed by atoms with Gasteiger partial charge in [0.05, 0.1) is 30.2 Å². The number of amides is 1. The molecular formula is C19H23BrN2O3. The van der Waals surface area contributed by atoms with Crippen molar-refractivity contribution in [1.29, 1.82) is 0 Å². The van der Waals surface area contributed by atoms with E-state index in [-0.39, 0.29) is 5.91 Å². The van der Waals surface area contributed by atoms with Crippen molar-refractivity contribution in [3.8, 4) is 11.3 Å². The molecule has 0 aliphatic rings. The number of hydrogen-bond acceptors (Lipinski definition) is 4. The number of carbonyl (C=O) groups is 1. The van der Waals surface area contributed by atoms with E-state index >= 15 is 0 Å². The zero-order valence-electron chi connectivity index (χ0n) is 14.5. The fraction of sp³-hybridized carbons (Fsp3) is 0.368. The molecule has 0 atom stereocenters. The molecule has 134 valence electrons. The number of carbonyl (C=O) groups excluding carboxylic acids is 1. The number of methoxy groups -OCH3 is 1. The fourth-order valence-electron chi connectivity index (χ4n) is 2.33. The summed E-state index contributed by atoms with van der Waals surface area (Å²) in [4.78, 5) is 16.8. The summed E-state index contributed by atoms with van der Waals surface area (Å²) in [5.41, 5.74) is 3.17. The molecule has 2 aromatic rings. The molecule has 1 N–H and O–H groups in total. The van der Waals surface area contributed by atoms with Gasteiger partial charge in [0.25, 0.3) is 5.91 Å². The van der Waals surface area contributed by atoms with Crippen molar-refractivity contribution in [2.75, 3.05) is 33.5 Å². The molecule has 0 fully saturated rings. The maximum Gasteiger partial charge on any atom is 0.253 e. The molecule has 25 heavy (non-hydrogen) atoms. The summed E-state index contributed by atoms with van der Waals surface area (Å²) in [5.74, 6) is -0.109. The number of halogens is 1. The number of benzene rings is 1. The zero-order valence-corrected chi connectivity index (χ0v) is 16.1. The van der Waals surface area contributed by atoms with Crippen molar-refractivity contribution in [1.82, 2.24) is 10.3 Å². The first-order chi connectivity index (χ1) is 12.1. The van der Waals surface area contributed by atoms with Crippen LogP contribution in [0.5, 0.6) is 0 Å². The van der Waals surface area contributed by atoms with E-state index in [0.717, 1.165) is 22.2 Å². The highest BCUT2D eigenvalue weighted by molar-refractivity contribution is 9.10. The summed E-state index contributed by atoms with van der Waals surface area (Å²) in [6.45, 7) is 4.18. The smallest absolute Gasteiger partial charge is 0.253 e. The van der Waals surface area contributed by atoms with Gasteiger partial charge in [0, 0.05) is 30.3 Å².